The smallest absolute Gasteiger partial charge is 0.344 e. The molecule has 0 spiro atoms. The average Bonchev–Trinajstić information content (AvgIpc) is 3.78. The molecule has 0 bridgehead atoms. The predicted molar refractivity (Wildman–Crippen MR) is 133 cm³/mol. The Morgan fingerprint density at radius 2 is 1.90 bits per heavy atom. The van der Waals surface area contributed by atoms with Gasteiger partial charge in [-0.1, -0.05) is 6.07 Å². The van der Waals surface area contributed by atoms with Crippen LogP contribution < -0.4 is 10.6 Å². The highest BCUT2D eigenvalue weighted by Gasteiger charge is 2.49. The second kappa shape index (κ2) is 9.63. The minimum Gasteiger partial charge on any atom is -0.344 e. The van der Waals surface area contributed by atoms with E-state index in [0.29, 0.717) is 35.4 Å². The summed E-state index contributed by atoms with van der Waals surface area (Å²) in [4.78, 5) is 33.3. The van der Waals surface area contributed by atoms with E-state index in [0.717, 1.165) is 25.7 Å². The first-order valence-corrected chi connectivity index (χ1v) is 13.5. The summed E-state index contributed by atoms with van der Waals surface area (Å²) in [5.41, 5.74) is 1.05. The molecule has 12 heteroatoms. The Kier molecular flexibility index (Phi) is 6.38. The molecule has 208 valence electrons. The van der Waals surface area contributed by atoms with Gasteiger partial charge in [-0.05, 0) is 80.9 Å². The van der Waals surface area contributed by atoms with Crippen LogP contribution in [-0.2, 0) is 17.8 Å². The van der Waals surface area contributed by atoms with Crippen molar-refractivity contribution in [2.24, 2.45) is 23.7 Å². The molecule has 6 rings (SSSR count). The lowest BCUT2D eigenvalue weighted by Gasteiger charge is -2.27. The molecule has 3 aliphatic rings. The fourth-order valence-electron chi connectivity index (χ4n) is 6.04. The highest BCUT2D eigenvalue weighted by molar-refractivity contribution is 5.92. The molecular formula is C27H30F4N6O2. The van der Waals surface area contributed by atoms with Crippen LogP contribution >= 0.6 is 0 Å². The third-order valence-electron chi connectivity index (χ3n) is 8.31. The van der Waals surface area contributed by atoms with Gasteiger partial charge in [0, 0.05) is 18.7 Å². The first-order valence-electron chi connectivity index (χ1n) is 13.5. The lowest BCUT2D eigenvalue weighted by atomic mass is 9.88. The maximum absolute atomic E-state index is 15.6. The number of rotatable bonds is 9. The zero-order valence-corrected chi connectivity index (χ0v) is 21.4. The summed E-state index contributed by atoms with van der Waals surface area (Å²) in [5, 5.41) is 9.31. The zero-order chi connectivity index (χ0) is 27.5. The number of nitrogens with one attached hydrogen (secondary N) is 3. The average molecular weight is 547 g/mol. The monoisotopic (exact) mass is 546 g/mol. The molecule has 3 fully saturated rings. The van der Waals surface area contributed by atoms with Gasteiger partial charge < -0.3 is 15.6 Å². The number of carbonyl (C=O) groups excluding carboxylic acids is 2. The molecule has 3 aromatic rings. The van der Waals surface area contributed by atoms with Gasteiger partial charge in [0.15, 0.2) is 5.82 Å². The first kappa shape index (κ1) is 25.8. The number of fused-ring (bicyclic) bond motifs is 1. The van der Waals surface area contributed by atoms with Crippen molar-refractivity contribution in [1.82, 2.24) is 30.4 Å². The Morgan fingerprint density at radius 1 is 1.18 bits per heavy atom. The van der Waals surface area contributed by atoms with E-state index in [1.807, 2.05) is 12.2 Å². The van der Waals surface area contributed by atoms with Gasteiger partial charge in [0.25, 0.3) is 5.91 Å². The number of imidazole rings is 1. The van der Waals surface area contributed by atoms with E-state index in [-0.39, 0.29) is 29.3 Å². The number of amides is 2. The van der Waals surface area contributed by atoms with Crippen LogP contribution in [0.15, 0.2) is 24.4 Å². The Balaban J connectivity index is 1.30. The van der Waals surface area contributed by atoms with E-state index in [4.69, 9.17) is 0 Å². The van der Waals surface area contributed by atoms with Crippen LogP contribution in [0.1, 0.15) is 66.9 Å². The van der Waals surface area contributed by atoms with Crippen LogP contribution in [-0.4, -0.2) is 43.8 Å². The summed E-state index contributed by atoms with van der Waals surface area (Å²) in [6, 6.07) is 2.40. The van der Waals surface area contributed by atoms with Crippen LogP contribution in [0.4, 0.5) is 17.6 Å². The second-order valence-corrected chi connectivity index (χ2v) is 11.0. The Morgan fingerprint density at radius 3 is 2.51 bits per heavy atom. The van der Waals surface area contributed by atoms with Crippen molar-refractivity contribution in [2.45, 2.75) is 70.3 Å². The van der Waals surface area contributed by atoms with Crippen LogP contribution in [0.3, 0.4) is 0 Å². The minimum atomic E-state index is -4.54. The fraction of sp³-hybridized carbons (Fsp3) is 0.556. The summed E-state index contributed by atoms with van der Waals surface area (Å²) in [7, 11) is 0. The fourth-order valence-corrected chi connectivity index (χ4v) is 6.04. The van der Waals surface area contributed by atoms with Gasteiger partial charge in [-0.15, -0.1) is 0 Å². The molecule has 3 N–H and O–H groups in total. The van der Waals surface area contributed by atoms with E-state index in [1.165, 1.54) is 6.07 Å². The number of alkyl halides is 3. The molecule has 2 aliphatic carbocycles. The molecule has 2 aromatic heterocycles. The van der Waals surface area contributed by atoms with Gasteiger partial charge >= 0.3 is 6.18 Å². The third-order valence-corrected chi connectivity index (χ3v) is 8.31. The number of carbonyl (C=O) groups is 2. The number of aromatic nitrogens is 4. The standard InChI is InChI=1S/C27H30F4N6O2/c1-2-37-18(9-10-32-37)26(39)36-23(20(13-3-4-13)14-5-6-14)24-33-17-8-7-15(21(28)22(17)35-24)11-16-12-19(27(29,30)31)34-25(16)38/h7-10,13-14,16,19-20,23H,2-6,11-12H2,1H3,(H,33,35)(H,34,38)(H,36,39). The quantitative estimate of drug-likeness (QED) is 0.345. The summed E-state index contributed by atoms with van der Waals surface area (Å²) >= 11 is 0. The highest BCUT2D eigenvalue weighted by Crippen LogP contribution is 2.54. The lowest BCUT2D eigenvalue weighted by molar-refractivity contribution is -0.154. The molecule has 1 aromatic carbocycles. The van der Waals surface area contributed by atoms with E-state index in [1.54, 1.807) is 23.0 Å². The van der Waals surface area contributed by atoms with Crippen molar-refractivity contribution >= 4 is 22.8 Å². The molecule has 2 amide bonds. The molecule has 0 radical (unpaired) electrons. The van der Waals surface area contributed by atoms with Gasteiger partial charge in [0.1, 0.15) is 23.1 Å². The van der Waals surface area contributed by atoms with Crippen LogP contribution in [0.5, 0.6) is 0 Å². The summed E-state index contributed by atoms with van der Waals surface area (Å²) in [6.07, 6.45) is 0.727. The molecule has 2 saturated carbocycles. The number of aromatic amines is 1. The topological polar surface area (TPSA) is 105 Å². The number of aryl methyl sites for hydroxylation is 1. The number of benzene rings is 1. The van der Waals surface area contributed by atoms with Crippen molar-refractivity contribution in [3.63, 3.8) is 0 Å². The summed E-state index contributed by atoms with van der Waals surface area (Å²) in [5.74, 6) is -1.13. The number of hydrogen-bond donors (Lipinski definition) is 3. The molecular weight excluding hydrogens is 516 g/mol. The zero-order valence-electron chi connectivity index (χ0n) is 21.4. The van der Waals surface area contributed by atoms with Crippen molar-refractivity contribution < 1.29 is 27.2 Å². The maximum atomic E-state index is 15.6. The molecule has 3 unspecified atom stereocenters. The highest BCUT2D eigenvalue weighted by atomic mass is 19.4. The van der Waals surface area contributed by atoms with Crippen molar-refractivity contribution in [2.75, 3.05) is 0 Å². The van der Waals surface area contributed by atoms with Gasteiger partial charge in [-0.2, -0.15) is 18.3 Å². The van der Waals surface area contributed by atoms with Crippen molar-refractivity contribution in [3.05, 3.63) is 47.3 Å². The van der Waals surface area contributed by atoms with Crippen molar-refractivity contribution in [3.8, 4) is 0 Å². The third kappa shape index (κ3) is 5.00. The Bertz CT molecular complexity index is 1390. The molecule has 1 aliphatic heterocycles. The van der Waals surface area contributed by atoms with Gasteiger partial charge in [-0.3, -0.25) is 14.3 Å². The SMILES string of the molecule is CCn1nccc1C(=O)NC(c1nc2c(F)c(CC3CC(C(F)(F)F)NC3=O)ccc2[nH]1)C(C1CC1)C1CC1. The Hall–Kier alpha value is -3.44. The number of nitrogens with zero attached hydrogens (tertiary/aromatic N) is 3. The normalized spacial score (nSPS) is 22.5. The second-order valence-electron chi connectivity index (χ2n) is 11.0. The van der Waals surface area contributed by atoms with Crippen molar-refractivity contribution in [1.29, 1.82) is 0 Å². The number of hydrogen-bond acceptors (Lipinski definition) is 4. The van der Waals surface area contributed by atoms with E-state index in [9.17, 15) is 22.8 Å². The Labute approximate surface area is 221 Å². The molecule has 3 atom stereocenters. The van der Waals surface area contributed by atoms with E-state index >= 15 is 4.39 Å². The predicted octanol–water partition coefficient (Wildman–Crippen LogP) is 4.44. The molecule has 39 heavy (non-hydrogen) atoms. The van der Waals surface area contributed by atoms with E-state index < -0.39 is 42.3 Å². The summed E-state index contributed by atoms with van der Waals surface area (Å²) < 4.78 is 56.5. The van der Waals surface area contributed by atoms with Gasteiger partial charge in [-0.25, -0.2) is 9.37 Å². The first-order chi connectivity index (χ1) is 18.6. The van der Waals surface area contributed by atoms with Crippen LogP contribution in [0.25, 0.3) is 11.0 Å². The van der Waals surface area contributed by atoms with Crippen LogP contribution in [0, 0.1) is 29.5 Å². The summed E-state index contributed by atoms with van der Waals surface area (Å²) in [6.45, 7) is 2.44. The van der Waals surface area contributed by atoms with Gasteiger partial charge in [0.2, 0.25) is 5.91 Å². The maximum Gasteiger partial charge on any atom is 0.408 e. The number of halogens is 4. The molecule has 8 nitrogen and oxygen atoms in total. The van der Waals surface area contributed by atoms with Crippen LogP contribution in [0.2, 0.25) is 0 Å². The largest absolute Gasteiger partial charge is 0.408 e. The molecule has 1 saturated heterocycles. The minimum absolute atomic E-state index is 0.0523. The van der Waals surface area contributed by atoms with Gasteiger partial charge in [0.05, 0.1) is 11.6 Å². The number of H-pyrrole nitrogens is 1. The van der Waals surface area contributed by atoms with E-state index in [2.05, 4.69) is 20.4 Å². The molecule has 3 heterocycles. The lowest BCUT2D eigenvalue weighted by Crippen LogP contribution is -2.38.